The maximum atomic E-state index is 12.6. The molecule has 29 heavy (non-hydrogen) atoms. The van der Waals surface area contributed by atoms with E-state index in [1.807, 2.05) is 24.0 Å². The number of piperidine rings is 1. The van der Waals surface area contributed by atoms with Gasteiger partial charge in [0.2, 0.25) is 11.8 Å². The molecular formula is C21H22Cl3N3O2. The fraction of sp³-hybridized carbons (Fsp3) is 0.333. The lowest BCUT2D eigenvalue weighted by atomic mass is 9.95. The Morgan fingerprint density at radius 2 is 1.72 bits per heavy atom. The molecular weight excluding hydrogens is 433 g/mol. The van der Waals surface area contributed by atoms with Gasteiger partial charge >= 0.3 is 0 Å². The van der Waals surface area contributed by atoms with E-state index in [4.69, 9.17) is 34.8 Å². The number of carbonyl (C=O) groups is 2. The zero-order valence-corrected chi connectivity index (χ0v) is 18.2. The predicted octanol–water partition coefficient (Wildman–Crippen LogP) is 5.24. The monoisotopic (exact) mass is 453 g/mol. The lowest BCUT2D eigenvalue weighted by Crippen LogP contribution is -2.41. The van der Waals surface area contributed by atoms with E-state index in [0.29, 0.717) is 46.7 Å². The second-order valence-electron chi connectivity index (χ2n) is 7.13. The Hall–Kier alpha value is -1.79. The summed E-state index contributed by atoms with van der Waals surface area (Å²) < 4.78 is 0. The van der Waals surface area contributed by atoms with Crippen molar-refractivity contribution in [1.82, 2.24) is 4.90 Å². The SMILES string of the molecule is Cc1c(Cl)cccc1NC(=O)C1CCN(CC(=O)Nc2ccc(Cl)c(Cl)c2)CC1. The van der Waals surface area contributed by atoms with Gasteiger partial charge in [0.15, 0.2) is 0 Å². The quantitative estimate of drug-likeness (QED) is 0.649. The van der Waals surface area contributed by atoms with Crippen molar-refractivity contribution in [2.24, 2.45) is 5.92 Å². The Bertz CT molecular complexity index is 912. The number of nitrogens with one attached hydrogen (secondary N) is 2. The Balaban J connectivity index is 1.47. The van der Waals surface area contributed by atoms with Crippen molar-refractivity contribution in [2.75, 3.05) is 30.3 Å². The third-order valence-electron chi connectivity index (χ3n) is 5.05. The van der Waals surface area contributed by atoms with Gasteiger partial charge in [0, 0.05) is 22.3 Å². The molecule has 1 heterocycles. The van der Waals surface area contributed by atoms with Crippen molar-refractivity contribution in [1.29, 1.82) is 0 Å². The molecule has 2 aromatic carbocycles. The second-order valence-corrected chi connectivity index (χ2v) is 8.35. The summed E-state index contributed by atoms with van der Waals surface area (Å²) in [6, 6.07) is 10.4. The van der Waals surface area contributed by atoms with Crippen LogP contribution in [0.15, 0.2) is 36.4 Å². The zero-order chi connectivity index (χ0) is 21.0. The third-order valence-corrected chi connectivity index (χ3v) is 6.20. The summed E-state index contributed by atoms with van der Waals surface area (Å²) in [4.78, 5) is 26.9. The van der Waals surface area contributed by atoms with E-state index in [1.165, 1.54) is 0 Å². The third kappa shape index (κ3) is 5.86. The summed E-state index contributed by atoms with van der Waals surface area (Å²) in [7, 11) is 0. The molecule has 2 N–H and O–H groups in total. The minimum atomic E-state index is -0.124. The summed E-state index contributed by atoms with van der Waals surface area (Å²) in [6.07, 6.45) is 1.40. The first-order chi connectivity index (χ1) is 13.8. The average molecular weight is 455 g/mol. The van der Waals surface area contributed by atoms with Crippen LogP contribution in [0.1, 0.15) is 18.4 Å². The van der Waals surface area contributed by atoms with Gasteiger partial charge in [0.05, 0.1) is 16.6 Å². The fourth-order valence-corrected chi connectivity index (χ4v) is 3.78. The molecule has 0 saturated carbocycles. The van der Waals surface area contributed by atoms with E-state index in [2.05, 4.69) is 10.6 Å². The van der Waals surface area contributed by atoms with E-state index in [1.54, 1.807) is 24.3 Å². The number of carbonyl (C=O) groups excluding carboxylic acids is 2. The van der Waals surface area contributed by atoms with Crippen LogP contribution in [0.2, 0.25) is 15.1 Å². The Kier molecular flexibility index (Phi) is 7.41. The van der Waals surface area contributed by atoms with Gasteiger partial charge in [-0.2, -0.15) is 0 Å². The highest BCUT2D eigenvalue weighted by Gasteiger charge is 2.26. The van der Waals surface area contributed by atoms with Gasteiger partial charge in [0.1, 0.15) is 0 Å². The largest absolute Gasteiger partial charge is 0.326 e. The molecule has 0 atom stereocenters. The number of rotatable bonds is 5. The first-order valence-corrected chi connectivity index (χ1v) is 10.5. The Morgan fingerprint density at radius 3 is 2.41 bits per heavy atom. The van der Waals surface area contributed by atoms with Gasteiger partial charge in [-0.15, -0.1) is 0 Å². The number of anilines is 2. The van der Waals surface area contributed by atoms with Crippen LogP contribution in [0.25, 0.3) is 0 Å². The van der Waals surface area contributed by atoms with Crippen LogP contribution in [0, 0.1) is 12.8 Å². The van der Waals surface area contributed by atoms with E-state index in [0.717, 1.165) is 11.3 Å². The zero-order valence-electron chi connectivity index (χ0n) is 16.0. The molecule has 2 aromatic rings. The van der Waals surface area contributed by atoms with Crippen LogP contribution < -0.4 is 10.6 Å². The molecule has 0 aromatic heterocycles. The van der Waals surface area contributed by atoms with E-state index in [9.17, 15) is 9.59 Å². The van der Waals surface area contributed by atoms with Crippen molar-refractivity contribution in [2.45, 2.75) is 19.8 Å². The maximum Gasteiger partial charge on any atom is 0.238 e. The second kappa shape index (κ2) is 9.81. The smallest absolute Gasteiger partial charge is 0.238 e. The van der Waals surface area contributed by atoms with Crippen LogP contribution in [-0.4, -0.2) is 36.3 Å². The highest BCUT2D eigenvalue weighted by Crippen LogP contribution is 2.26. The summed E-state index contributed by atoms with van der Waals surface area (Å²) in [5.74, 6) is -0.209. The van der Waals surface area contributed by atoms with Crippen molar-refractivity contribution >= 4 is 58.0 Å². The van der Waals surface area contributed by atoms with Crippen LogP contribution in [-0.2, 0) is 9.59 Å². The maximum absolute atomic E-state index is 12.6. The molecule has 1 aliphatic rings. The molecule has 1 saturated heterocycles. The molecule has 3 rings (SSSR count). The molecule has 5 nitrogen and oxygen atoms in total. The minimum absolute atomic E-state index is 0.00438. The van der Waals surface area contributed by atoms with Crippen LogP contribution in [0.5, 0.6) is 0 Å². The summed E-state index contributed by atoms with van der Waals surface area (Å²) >= 11 is 18.0. The van der Waals surface area contributed by atoms with Crippen molar-refractivity contribution in [3.05, 3.63) is 57.0 Å². The van der Waals surface area contributed by atoms with Gasteiger partial charge in [0.25, 0.3) is 0 Å². The molecule has 154 valence electrons. The molecule has 1 fully saturated rings. The number of benzene rings is 2. The summed E-state index contributed by atoms with van der Waals surface area (Å²) in [5.41, 5.74) is 2.21. The minimum Gasteiger partial charge on any atom is -0.326 e. The molecule has 0 aliphatic carbocycles. The molecule has 8 heteroatoms. The average Bonchev–Trinajstić information content (AvgIpc) is 2.69. The molecule has 0 spiro atoms. The normalized spacial score (nSPS) is 15.2. The number of halogens is 3. The van der Waals surface area contributed by atoms with E-state index < -0.39 is 0 Å². The van der Waals surface area contributed by atoms with Gasteiger partial charge in [-0.25, -0.2) is 0 Å². The van der Waals surface area contributed by atoms with E-state index in [-0.39, 0.29) is 24.3 Å². The van der Waals surface area contributed by atoms with Gasteiger partial charge in [-0.05, 0) is 68.8 Å². The summed E-state index contributed by atoms with van der Waals surface area (Å²) in [5, 5.41) is 7.26. The Morgan fingerprint density at radius 1 is 1.00 bits per heavy atom. The highest BCUT2D eigenvalue weighted by atomic mass is 35.5. The Labute approximate surface area is 185 Å². The molecule has 2 amide bonds. The number of hydrogen-bond donors (Lipinski definition) is 2. The molecule has 0 unspecified atom stereocenters. The van der Waals surface area contributed by atoms with Crippen LogP contribution >= 0.6 is 34.8 Å². The number of hydrogen-bond acceptors (Lipinski definition) is 3. The highest BCUT2D eigenvalue weighted by molar-refractivity contribution is 6.42. The topological polar surface area (TPSA) is 61.4 Å². The fourth-order valence-electron chi connectivity index (χ4n) is 3.31. The van der Waals surface area contributed by atoms with Crippen molar-refractivity contribution in [3.63, 3.8) is 0 Å². The van der Waals surface area contributed by atoms with Gasteiger partial charge in [-0.1, -0.05) is 40.9 Å². The predicted molar refractivity (Wildman–Crippen MR) is 119 cm³/mol. The van der Waals surface area contributed by atoms with Crippen LogP contribution in [0.3, 0.4) is 0 Å². The standard InChI is InChI=1S/C21H22Cl3N3O2/c1-13-16(22)3-2-4-19(13)26-21(29)14-7-9-27(10-8-14)12-20(28)25-15-5-6-17(23)18(24)11-15/h2-6,11,14H,7-10,12H2,1H3,(H,25,28)(H,26,29). The first-order valence-electron chi connectivity index (χ1n) is 9.36. The molecule has 0 radical (unpaired) electrons. The summed E-state index contributed by atoms with van der Waals surface area (Å²) in [6.45, 7) is 3.51. The van der Waals surface area contributed by atoms with Crippen molar-refractivity contribution in [3.8, 4) is 0 Å². The number of amides is 2. The number of nitrogens with zero attached hydrogens (tertiary/aromatic N) is 1. The van der Waals surface area contributed by atoms with Gasteiger partial charge in [-0.3, -0.25) is 14.5 Å². The lowest BCUT2D eigenvalue weighted by Gasteiger charge is -2.30. The van der Waals surface area contributed by atoms with E-state index >= 15 is 0 Å². The lowest BCUT2D eigenvalue weighted by molar-refractivity contribution is -0.121. The molecule has 1 aliphatic heterocycles. The van der Waals surface area contributed by atoms with Crippen molar-refractivity contribution < 1.29 is 9.59 Å². The van der Waals surface area contributed by atoms with Crippen LogP contribution in [0.4, 0.5) is 11.4 Å². The molecule has 0 bridgehead atoms. The van der Waals surface area contributed by atoms with Gasteiger partial charge < -0.3 is 10.6 Å². The first kappa shape index (κ1) is 21.9. The number of likely N-dealkylation sites (tertiary alicyclic amines) is 1.